The summed E-state index contributed by atoms with van der Waals surface area (Å²) < 4.78 is 5.68. The van der Waals surface area contributed by atoms with Crippen LogP contribution in [0.4, 0.5) is 0 Å². The Balaban J connectivity index is 2.48. The van der Waals surface area contributed by atoms with Gasteiger partial charge in [-0.25, -0.2) is 0 Å². The molecule has 0 bridgehead atoms. The topological polar surface area (TPSA) is 9.23 Å². The fourth-order valence-electron chi connectivity index (χ4n) is 2.43. The van der Waals surface area contributed by atoms with Crippen molar-refractivity contribution in [3.63, 3.8) is 0 Å². The molecular formula is C15H19ClOS. The second kappa shape index (κ2) is 6.53. The Morgan fingerprint density at radius 3 is 2.89 bits per heavy atom. The third-order valence-electron chi connectivity index (χ3n) is 3.22. The molecule has 3 heteroatoms. The van der Waals surface area contributed by atoms with Crippen molar-refractivity contribution in [1.29, 1.82) is 0 Å². The number of alkyl halides is 1. The number of rotatable bonds is 5. The maximum Gasteiger partial charge on any atom is 0.126 e. The highest BCUT2D eigenvalue weighted by atomic mass is 35.5. The fraction of sp³-hybridized carbons (Fsp3) is 0.467. The molecule has 0 saturated heterocycles. The van der Waals surface area contributed by atoms with Crippen LogP contribution in [0.1, 0.15) is 41.7 Å². The van der Waals surface area contributed by atoms with E-state index in [-0.39, 0.29) is 0 Å². The molecule has 0 spiro atoms. The van der Waals surface area contributed by atoms with Gasteiger partial charge in [0.15, 0.2) is 0 Å². The van der Waals surface area contributed by atoms with Crippen molar-refractivity contribution in [3.05, 3.63) is 34.2 Å². The van der Waals surface area contributed by atoms with E-state index in [4.69, 9.17) is 16.3 Å². The number of methoxy groups -OCH3 is 1. The minimum atomic E-state index is 0.425. The van der Waals surface area contributed by atoms with Crippen molar-refractivity contribution in [1.82, 2.24) is 0 Å². The van der Waals surface area contributed by atoms with Gasteiger partial charge in [-0.1, -0.05) is 25.5 Å². The first kappa shape index (κ1) is 13.8. The van der Waals surface area contributed by atoms with Gasteiger partial charge in [-0.3, -0.25) is 0 Å². The number of ether oxygens (including phenoxy) is 1. The lowest BCUT2D eigenvalue weighted by molar-refractivity contribution is 0.403. The predicted molar refractivity (Wildman–Crippen MR) is 81.7 cm³/mol. The van der Waals surface area contributed by atoms with E-state index in [1.807, 2.05) is 11.8 Å². The molecule has 1 atom stereocenters. The molecule has 1 aromatic rings. The number of thioether (sulfide) groups is 1. The van der Waals surface area contributed by atoms with Gasteiger partial charge >= 0.3 is 0 Å². The normalized spacial score (nSPS) is 17.6. The molecule has 1 aromatic carbocycles. The molecule has 0 radical (unpaired) electrons. The van der Waals surface area contributed by atoms with Crippen LogP contribution in [0.3, 0.4) is 0 Å². The molecule has 0 saturated carbocycles. The summed E-state index contributed by atoms with van der Waals surface area (Å²) in [4.78, 5) is 0. The number of fused-ring (bicyclic) bond motifs is 1. The fourth-order valence-corrected chi connectivity index (χ4v) is 3.83. The molecule has 1 aliphatic heterocycles. The molecule has 0 fully saturated rings. The molecule has 1 nitrogen and oxygen atoms in total. The zero-order valence-corrected chi connectivity index (χ0v) is 12.5. The van der Waals surface area contributed by atoms with Crippen molar-refractivity contribution < 1.29 is 4.74 Å². The molecule has 0 aromatic heterocycles. The van der Waals surface area contributed by atoms with Crippen molar-refractivity contribution in [2.75, 3.05) is 13.0 Å². The highest BCUT2D eigenvalue weighted by Gasteiger charge is 2.23. The molecular weight excluding hydrogens is 264 g/mol. The van der Waals surface area contributed by atoms with Gasteiger partial charge in [0, 0.05) is 16.7 Å². The van der Waals surface area contributed by atoms with Gasteiger partial charge in [0.1, 0.15) is 5.75 Å². The smallest absolute Gasteiger partial charge is 0.126 e. The first-order valence-corrected chi connectivity index (χ1v) is 7.87. The predicted octanol–water partition coefficient (Wildman–Crippen LogP) is 5.04. The van der Waals surface area contributed by atoms with Crippen LogP contribution < -0.4 is 4.74 Å². The van der Waals surface area contributed by atoms with Gasteiger partial charge in [0.05, 0.1) is 7.11 Å². The molecule has 1 heterocycles. The van der Waals surface area contributed by atoms with Crippen molar-refractivity contribution in [2.24, 2.45) is 0 Å². The number of halogens is 1. The number of hydrogen-bond acceptors (Lipinski definition) is 2. The Morgan fingerprint density at radius 1 is 1.39 bits per heavy atom. The summed E-state index contributed by atoms with van der Waals surface area (Å²) in [5, 5.41) is 2.59. The first-order chi connectivity index (χ1) is 8.81. The van der Waals surface area contributed by atoms with E-state index in [9.17, 15) is 0 Å². The lowest BCUT2D eigenvalue weighted by Crippen LogP contribution is -2.06. The highest BCUT2D eigenvalue weighted by Crippen LogP contribution is 2.46. The van der Waals surface area contributed by atoms with Gasteiger partial charge < -0.3 is 4.74 Å². The van der Waals surface area contributed by atoms with E-state index in [0.29, 0.717) is 11.1 Å². The Kier molecular flexibility index (Phi) is 5.02. The minimum absolute atomic E-state index is 0.425. The van der Waals surface area contributed by atoms with Gasteiger partial charge in [-0.05, 0) is 35.5 Å². The summed E-state index contributed by atoms with van der Waals surface area (Å²) in [6, 6.07) is 4.40. The van der Waals surface area contributed by atoms with Crippen LogP contribution in [0.5, 0.6) is 5.75 Å². The molecule has 1 aliphatic rings. The van der Waals surface area contributed by atoms with E-state index in [0.717, 1.165) is 25.0 Å². The molecule has 18 heavy (non-hydrogen) atoms. The molecule has 0 N–H and O–H groups in total. The average Bonchev–Trinajstić information content (AvgIpc) is 2.40. The zero-order valence-electron chi connectivity index (χ0n) is 10.9. The number of hydrogen-bond donors (Lipinski definition) is 0. The Morgan fingerprint density at radius 2 is 2.22 bits per heavy atom. The lowest BCUT2D eigenvalue weighted by atomic mass is 9.95. The summed E-state index contributed by atoms with van der Waals surface area (Å²) in [5.74, 6) is 1.76. The Labute approximate surface area is 119 Å². The van der Waals surface area contributed by atoms with Crippen molar-refractivity contribution in [2.45, 2.75) is 31.4 Å². The average molecular weight is 283 g/mol. The zero-order chi connectivity index (χ0) is 13.0. The Bertz CT molecular complexity index is 442. The number of aryl methyl sites for hydroxylation is 1. The maximum atomic E-state index is 5.92. The SMILES string of the molecule is CCCc1ccc2c(c1OC)C(CCCl)SC=C2. The van der Waals surface area contributed by atoms with Crippen molar-refractivity contribution >= 4 is 29.4 Å². The van der Waals surface area contributed by atoms with Crippen LogP contribution in [0.15, 0.2) is 17.5 Å². The third kappa shape index (κ3) is 2.70. The van der Waals surface area contributed by atoms with E-state index < -0.39 is 0 Å². The van der Waals surface area contributed by atoms with Crippen LogP contribution in [0.2, 0.25) is 0 Å². The van der Waals surface area contributed by atoms with E-state index >= 15 is 0 Å². The Hall–Kier alpha value is -0.600. The summed E-state index contributed by atoms with van der Waals surface area (Å²) in [6.07, 6.45) is 5.36. The minimum Gasteiger partial charge on any atom is -0.496 e. The molecule has 1 unspecified atom stereocenters. The number of benzene rings is 1. The van der Waals surface area contributed by atoms with E-state index in [1.165, 1.54) is 16.7 Å². The summed E-state index contributed by atoms with van der Waals surface area (Å²) >= 11 is 7.76. The van der Waals surface area contributed by atoms with E-state index in [2.05, 4.69) is 30.5 Å². The van der Waals surface area contributed by atoms with Gasteiger partial charge in [-0.2, -0.15) is 0 Å². The summed E-state index contributed by atoms with van der Waals surface area (Å²) in [5.41, 5.74) is 3.92. The van der Waals surface area contributed by atoms with Crippen LogP contribution in [-0.2, 0) is 6.42 Å². The lowest BCUT2D eigenvalue weighted by Gasteiger charge is -2.24. The first-order valence-electron chi connectivity index (χ1n) is 6.39. The standard InChI is InChI=1S/C15H19ClOS/c1-3-4-12-6-5-11-8-10-18-13(7-9-16)14(11)15(12)17-2/h5-6,8,10,13H,3-4,7,9H2,1-2H3. The van der Waals surface area contributed by atoms with E-state index in [1.54, 1.807) is 7.11 Å². The summed E-state index contributed by atoms with van der Waals surface area (Å²) in [7, 11) is 1.77. The second-order valence-electron chi connectivity index (χ2n) is 4.42. The molecule has 2 rings (SSSR count). The van der Waals surface area contributed by atoms with Crippen LogP contribution in [0.25, 0.3) is 6.08 Å². The van der Waals surface area contributed by atoms with Crippen LogP contribution >= 0.6 is 23.4 Å². The van der Waals surface area contributed by atoms with Crippen LogP contribution in [-0.4, -0.2) is 13.0 Å². The summed E-state index contributed by atoms with van der Waals surface area (Å²) in [6.45, 7) is 2.20. The van der Waals surface area contributed by atoms with Gasteiger partial charge in [0.2, 0.25) is 0 Å². The monoisotopic (exact) mass is 282 g/mol. The third-order valence-corrected chi connectivity index (χ3v) is 4.53. The van der Waals surface area contributed by atoms with Crippen molar-refractivity contribution in [3.8, 4) is 5.75 Å². The largest absolute Gasteiger partial charge is 0.496 e. The molecule has 0 amide bonds. The van der Waals surface area contributed by atoms with Crippen LogP contribution in [0, 0.1) is 0 Å². The van der Waals surface area contributed by atoms with Gasteiger partial charge in [-0.15, -0.1) is 23.4 Å². The highest BCUT2D eigenvalue weighted by molar-refractivity contribution is 8.02. The molecule has 98 valence electrons. The quantitative estimate of drug-likeness (QED) is 0.700. The van der Waals surface area contributed by atoms with Gasteiger partial charge in [0.25, 0.3) is 0 Å². The second-order valence-corrected chi connectivity index (χ2v) is 5.91. The maximum absolute atomic E-state index is 5.92. The molecule has 0 aliphatic carbocycles.